The number of ether oxygens (including phenoxy) is 2. The van der Waals surface area contributed by atoms with E-state index in [9.17, 15) is 8.78 Å². The van der Waals surface area contributed by atoms with Crippen LogP contribution in [0.2, 0.25) is 0 Å². The smallest absolute Gasteiger partial charge is 0.184 e. The molecule has 1 saturated heterocycles. The highest BCUT2D eigenvalue weighted by Crippen LogP contribution is 2.28. The predicted octanol–water partition coefficient (Wildman–Crippen LogP) is 4.94. The summed E-state index contributed by atoms with van der Waals surface area (Å²) in [6.45, 7) is 9.07. The summed E-state index contributed by atoms with van der Waals surface area (Å²) in [6.07, 6.45) is 2.15. The van der Waals surface area contributed by atoms with Gasteiger partial charge in [-0.15, -0.1) is 0 Å². The molecule has 1 aliphatic rings. The Balaban J connectivity index is 2.06. The van der Waals surface area contributed by atoms with Crippen LogP contribution >= 0.6 is 0 Å². The van der Waals surface area contributed by atoms with Crippen molar-refractivity contribution in [3.63, 3.8) is 0 Å². The molecule has 0 saturated carbocycles. The number of halogens is 2. The average molecular weight is 310 g/mol. The van der Waals surface area contributed by atoms with E-state index in [-0.39, 0.29) is 5.56 Å². The van der Waals surface area contributed by atoms with Crippen molar-refractivity contribution in [3.8, 4) is 0 Å². The Bertz CT molecular complexity index is 497. The van der Waals surface area contributed by atoms with Crippen molar-refractivity contribution in [3.05, 3.63) is 47.0 Å². The third-order valence-electron chi connectivity index (χ3n) is 3.83. The monoisotopic (exact) mass is 310 g/mol. The summed E-state index contributed by atoms with van der Waals surface area (Å²) in [5.41, 5.74) is 1.54. The second kappa shape index (κ2) is 7.84. The molecule has 1 fully saturated rings. The number of hydrogen-bond donors (Lipinski definition) is 0. The van der Waals surface area contributed by atoms with E-state index in [0.29, 0.717) is 37.5 Å². The molecule has 0 amide bonds. The molecule has 2 rings (SSSR count). The quantitative estimate of drug-likeness (QED) is 0.693. The molecule has 1 heterocycles. The van der Waals surface area contributed by atoms with Crippen LogP contribution in [0.3, 0.4) is 0 Å². The van der Waals surface area contributed by atoms with Crippen molar-refractivity contribution < 1.29 is 18.3 Å². The second-order valence-corrected chi connectivity index (χ2v) is 6.07. The fourth-order valence-corrected chi connectivity index (χ4v) is 2.57. The van der Waals surface area contributed by atoms with Crippen LogP contribution in [0.4, 0.5) is 8.78 Å². The lowest BCUT2D eigenvalue weighted by Gasteiger charge is -2.27. The standard InChI is InChI=1S/C18H24F2O2/c1-4-5-12(2)6-7-15-16(19)8-14(9-17(15)20)18-21-10-13(3)11-22-18/h8-9,13,18H,2,4-7,10-11H2,1,3H3. The minimum atomic E-state index is -0.677. The second-order valence-electron chi connectivity index (χ2n) is 6.07. The molecule has 1 aromatic carbocycles. The van der Waals surface area contributed by atoms with Gasteiger partial charge in [0.1, 0.15) is 11.6 Å². The summed E-state index contributed by atoms with van der Waals surface area (Å²) in [4.78, 5) is 0. The van der Waals surface area contributed by atoms with Gasteiger partial charge in [0.25, 0.3) is 0 Å². The summed E-state index contributed by atoms with van der Waals surface area (Å²) < 4.78 is 39.4. The van der Waals surface area contributed by atoms with Gasteiger partial charge in [0, 0.05) is 17.0 Å². The fourth-order valence-electron chi connectivity index (χ4n) is 2.57. The maximum absolute atomic E-state index is 14.2. The first kappa shape index (κ1) is 17.1. The number of rotatable bonds is 6. The lowest BCUT2D eigenvalue weighted by atomic mass is 10.0. The number of allylic oxidation sites excluding steroid dienone is 1. The van der Waals surface area contributed by atoms with Gasteiger partial charge in [0.05, 0.1) is 13.2 Å². The van der Waals surface area contributed by atoms with Crippen LogP contribution in [0.25, 0.3) is 0 Å². The molecule has 0 aromatic heterocycles. The van der Waals surface area contributed by atoms with Crippen molar-refractivity contribution in [2.45, 2.75) is 45.8 Å². The van der Waals surface area contributed by atoms with E-state index in [1.54, 1.807) is 0 Å². The summed E-state index contributed by atoms with van der Waals surface area (Å²) >= 11 is 0. The lowest BCUT2D eigenvalue weighted by Crippen LogP contribution is -2.25. The normalized spacial score (nSPS) is 21.8. The zero-order valence-corrected chi connectivity index (χ0v) is 13.3. The van der Waals surface area contributed by atoms with E-state index in [0.717, 1.165) is 18.4 Å². The Kier molecular flexibility index (Phi) is 6.09. The zero-order valence-electron chi connectivity index (χ0n) is 13.3. The summed E-state index contributed by atoms with van der Waals surface area (Å²) in [5, 5.41) is 0. The molecule has 0 aliphatic carbocycles. The van der Waals surface area contributed by atoms with Crippen molar-refractivity contribution in [1.82, 2.24) is 0 Å². The molecule has 22 heavy (non-hydrogen) atoms. The molecule has 0 unspecified atom stereocenters. The van der Waals surface area contributed by atoms with Crippen LogP contribution in [0.15, 0.2) is 24.3 Å². The maximum Gasteiger partial charge on any atom is 0.184 e. The molecule has 0 spiro atoms. The molecule has 122 valence electrons. The van der Waals surface area contributed by atoms with Gasteiger partial charge in [-0.1, -0.05) is 32.4 Å². The molecule has 2 nitrogen and oxygen atoms in total. The van der Waals surface area contributed by atoms with Gasteiger partial charge in [-0.25, -0.2) is 8.78 Å². The average Bonchev–Trinajstić information content (AvgIpc) is 2.47. The van der Waals surface area contributed by atoms with Gasteiger partial charge in [-0.3, -0.25) is 0 Å². The van der Waals surface area contributed by atoms with Crippen molar-refractivity contribution in [1.29, 1.82) is 0 Å². The molecule has 1 aliphatic heterocycles. The van der Waals surface area contributed by atoms with Crippen molar-refractivity contribution in [2.24, 2.45) is 5.92 Å². The summed E-state index contributed by atoms with van der Waals surface area (Å²) in [6, 6.07) is 2.64. The van der Waals surface area contributed by atoms with Gasteiger partial charge in [0.15, 0.2) is 6.29 Å². The third-order valence-corrected chi connectivity index (χ3v) is 3.83. The Morgan fingerprint density at radius 3 is 2.32 bits per heavy atom. The highest BCUT2D eigenvalue weighted by atomic mass is 19.1. The van der Waals surface area contributed by atoms with Crippen molar-refractivity contribution in [2.75, 3.05) is 13.2 Å². The first-order valence-electron chi connectivity index (χ1n) is 7.89. The van der Waals surface area contributed by atoms with Gasteiger partial charge < -0.3 is 9.47 Å². The largest absolute Gasteiger partial charge is 0.348 e. The Labute approximate surface area is 131 Å². The Morgan fingerprint density at radius 2 is 1.77 bits per heavy atom. The van der Waals surface area contributed by atoms with Crippen LogP contribution in [-0.4, -0.2) is 13.2 Å². The molecule has 4 heteroatoms. The molecular formula is C18H24F2O2. The molecule has 0 atom stereocenters. The topological polar surface area (TPSA) is 18.5 Å². The molecule has 1 aromatic rings. The fraction of sp³-hybridized carbons (Fsp3) is 0.556. The predicted molar refractivity (Wildman–Crippen MR) is 82.5 cm³/mol. The minimum absolute atomic E-state index is 0.116. The van der Waals surface area contributed by atoms with Crippen LogP contribution in [0.5, 0.6) is 0 Å². The SMILES string of the molecule is C=C(CCC)CCc1c(F)cc(C2OCC(C)CO2)cc1F. The Morgan fingerprint density at radius 1 is 1.18 bits per heavy atom. The summed E-state index contributed by atoms with van der Waals surface area (Å²) in [5.74, 6) is -0.773. The third kappa shape index (κ3) is 4.37. The van der Waals surface area contributed by atoms with E-state index in [2.05, 4.69) is 13.5 Å². The van der Waals surface area contributed by atoms with Crippen LogP contribution < -0.4 is 0 Å². The van der Waals surface area contributed by atoms with E-state index >= 15 is 0 Å². The highest BCUT2D eigenvalue weighted by Gasteiger charge is 2.23. The van der Waals surface area contributed by atoms with Gasteiger partial charge >= 0.3 is 0 Å². The minimum Gasteiger partial charge on any atom is -0.348 e. The van der Waals surface area contributed by atoms with Gasteiger partial charge in [-0.05, 0) is 31.4 Å². The molecular weight excluding hydrogens is 286 g/mol. The first-order chi connectivity index (χ1) is 10.5. The maximum atomic E-state index is 14.2. The molecule has 0 bridgehead atoms. The van der Waals surface area contributed by atoms with Crippen LogP contribution in [0, 0.1) is 17.6 Å². The highest BCUT2D eigenvalue weighted by molar-refractivity contribution is 5.28. The Hall–Kier alpha value is -1.26. The van der Waals surface area contributed by atoms with E-state index in [1.165, 1.54) is 12.1 Å². The van der Waals surface area contributed by atoms with Crippen molar-refractivity contribution >= 4 is 0 Å². The van der Waals surface area contributed by atoms with E-state index < -0.39 is 17.9 Å². The van der Waals surface area contributed by atoms with E-state index in [1.807, 2.05) is 6.92 Å². The lowest BCUT2D eigenvalue weighted by molar-refractivity contribution is -0.202. The number of hydrogen-bond acceptors (Lipinski definition) is 2. The van der Waals surface area contributed by atoms with Crippen LogP contribution in [-0.2, 0) is 15.9 Å². The van der Waals surface area contributed by atoms with E-state index in [4.69, 9.17) is 9.47 Å². The molecule has 0 radical (unpaired) electrons. The van der Waals surface area contributed by atoms with Gasteiger partial charge in [-0.2, -0.15) is 0 Å². The zero-order chi connectivity index (χ0) is 16.1. The number of benzene rings is 1. The van der Waals surface area contributed by atoms with Crippen LogP contribution in [0.1, 0.15) is 50.5 Å². The molecule has 0 N–H and O–H groups in total. The van der Waals surface area contributed by atoms with Gasteiger partial charge in [0.2, 0.25) is 0 Å². The summed E-state index contributed by atoms with van der Waals surface area (Å²) in [7, 11) is 0. The first-order valence-corrected chi connectivity index (χ1v) is 7.89.